The van der Waals surface area contributed by atoms with E-state index in [4.69, 9.17) is 4.74 Å². The molecular weight excluding hydrogens is 245 g/mol. The van der Waals surface area contributed by atoms with Gasteiger partial charge in [0, 0.05) is 19.8 Å². The van der Waals surface area contributed by atoms with Gasteiger partial charge in [0.05, 0.1) is 0 Å². The molecule has 0 spiro atoms. The van der Waals surface area contributed by atoms with Gasteiger partial charge in [0.15, 0.2) is 0 Å². The number of ether oxygens (including phenoxy) is 1. The normalized spacial score (nSPS) is 20.1. The standard InChI is InChI=1S/C12H15F3N2O/c13-12(14,15)10-2-1-3-11(17-10)16-6-4-9-5-7-18-8-9/h1-3,9H,4-8H2,(H,16,17). The molecule has 0 amide bonds. The highest BCUT2D eigenvalue weighted by Crippen LogP contribution is 2.28. The van der Waals surface area contributed by atoms with Crippen LogP contribution in [0.4, 0.5) is 19.0 Å². The topological polar surface area (TPSA) is 34.1 Å². The van der Waals surface area contributed by atoms with E-state index in [0.717, 1.165) is 32.1 Å². The first-order valence-corrected chi connectivity index (χ1v) is 5.91. The molecule has 1 aromatic heterocycles. The first-order chi connectivity index (χ1) is 8.55. The van der Waals surface area contributed by atoms with Crippen LogP contribution in [0.25, 0.3) is 0 Å². The van der Waals surface area contributed by atoms with Crippen LogP contribution in [0.3, 0.4) is 0 Å². The predicted molar refractivity (Wildman–Crippen MR) is 61.3 cm³/mol. The summed E-state index contributed by atoms with van der Waals surface area (Å²) in [5.41, 5.74) is -0.864. The molecule has 3 nitrogen and oxygen atoms in total. The summed E-state index contributed by atoms with van der Waals surface area (Å²) >= 11 is 0. The minimum atomic E-state index is -4.39. The van der Waals surface area contributed by atoms with Gasteiger partial charge in [0.2, 0.25) is 0 Å². The van der Waals surface area contributed by atoms with Crippen molar-refractivity contribution in [2.45, 2.75) is 19.0 Å². The van der Waals surface area contributed by atoms with Crippen LogP contribution in [0.15, 0.2) is 18.2 Å². The van der Waals surface area contributed by atoms with E-state index in [1.807, 2.05) is 0 Å². The molecule has 0 saturated carbocycles. The van der Waals surface area contributed by atoms with Crippen molar-refractivity contribution in [1.29, 1.82) is 0 Å². The van der Waals surface area contributed by atoms with Crippen molar-refractivity contribution in [2.75, 3.05) is 25.1 Å². The van der Waals surface area contributed by atoms with E-state index in [0.29, 0.717) is 12.5 Å². The predicted octanol–water partition coefficient (Wildman–Crippen LogP) is 2.94. The summed E-state index contributed by atoms with van der Waals surface area (Å²) in [6, 6.07) is 3.87. The van der Waals surface area contributed by atoms with E-state index in [-0.39, 0.29) is 5.82 Å². The maximum absolute atomic E-state index is 12.4. The Morgan fingerprint density at radius 3 is 2.89 bits per heavy atom. The average molecular weight is 260 g/mol. The molecule has 1 aromatic rings. The van der Waals surface area contributed by atoms with Crippen LogP contribution in [0.2, 0.25) is 0 Å². The fourth-order valence-electron chi connectivity index (χ4n) is 1.91. The lowest BCUT2D eigenvalue weighted by Gasteiger charge is -2.11. The highest BCUT2D eigenvalue weighted by Gasteiger charge is 2.32. The number of alkyl halides is 3. The van der Waals surface area contributed by atoms with Crippen LogP contribution in [0, 0.1) is 5.92 Å². The summed E-state index contributed by atoms with van der Waals surface area (Å²) in [6.07, 6.45) is -2.48. The monoisotopic (exact) mass is 260 g/mol. The third-order valence-electron chi connectivity index (χ3n) is 2.92. The van der Waals surface area contributed by atoms with Gasteiger partial charge in [-0.25, -0.2) is 4.98 Å². The van der Waals surface area contributed by atoms with E-state index in [1.54, 1.807) is 6.07 Å². The number of hydrogen-bond acceptors (Lipinski definition) is 3. The first kappa shape index (κ1) is 13.1. The smallest absolute Gasteiger partial charge is 0.381 e. The molecule has 1 aliphatic heterocycles. The molecule has 1 saturated heterocycles. The largest absolute Gasteiger partial charge is 0.433 e. The van der Waals surface area contributed by atoms with E-state index in [9.17, 15) is 13.2 Å². The Kier molecular flexibility index (Phi) is 4.06. The molecule has 0 aromatic carbocycles. The Morgan fingerprint density at radius 1 is 1.39 bits per heavy atom. The van der Waals surface area contributed by atoms with Gasteiger partial charge in [-0.15, -0.1) is 0 Å². The molecule has 2 rings (SSSR count). The second-order valence-electron chi connectivity index (χ2n) is 4.35. The van der Waals surface area contributed by atoms with Crippen LogP contribution in [0.5, 0.6) is 0 Å². The third kappa shape index (κ3) is 3.60. The summed E-state index contributed by atoms with van der Waals surface area (Å²) in [5, 5.41) is 2.92. The fourth-order valence-corrected chi connectivity index (χ4v) is 1.91. The number of rotatable bonds is 4. The molecule has 100 valence electrons. The molecule has 2 heterocycles. The Bertz CT molecular complexity index is 389. The van der Waals surface area contributed by atoms with Crippen molar-refractivity contribution < 1.29 is 17.9 Å². The van der Waals surface area contributed by atoms with Crippen molar-refractivity contribution in [1.82, 2.24) is 4.98 Å². The van der Waals surface area contributed by atoms with E-state index < -0.39 is 11.9 Å². The van der Waals surface area contributed by atoms with Crippen LogP contribution >= 0.6 is 0 Å². The number of nitrogens with zero attached hydrogens (tertiary/aromatic N) is 1. The lowest BCUT2D eigenvalue weighted by atomic mass is 10.1. The van der Waals surface area contributed by atoms with Crippen molar-refractivity contribution in [3.63, 3.8) is 0 Å². The molecule has 1 fully saturated rings. The molecule has 6 heteroatoms. The maximum atomic E-state index is 12.4. The molecule has 18 heavy (non-hydrogen) atoms. The molecule has 0 aliphatic carbocycles. The van der Waals surface area contributed by atoms with Crippen LogP contribution in [0.1, 0.15) is 18.5 Å². The number of hydrogen-bond donors (Lipinski definition) is 1. The number of nitrogens with one attached hydrogen (secondary N) is 1. The zero-order chi connectivity index (χ0) is 13.0. The Hall–Kier alpha value is -1.30. The maximum Gasteiger partial charge on any atom is 0.433 e. The van der Waals surface area contributed by atoms with E-state index in [2.05, 4.69) is 10.3 Å². The summed E-state index contributed by atoms with van der Waals surface area (Å²) in [4.78, 5) is 3.54. The number of anilines is 1. The fraction of sp³-hybridized carbons (Fsp3) is 0.583. The number of pyridine rings is 1. The second-order valence-corrected chi connectivity index (χ2v) is 4.35. The van der Waals surface area contributed by atoms with Crippen molar-refractivity contribution >= 4 is 5.82 Å². The van der Waals surface area contributed by atoms with Crippen LogP contribution < -0.4 is 5.32 Å². The molecule has 0 bridgehead atoms. The molecule has 1 unspecified atom stereocenters. The quantitative estimate of drug-likeness (QED) is 0.903. The van der Waals surface area contributed by atoms with Gasteiger partial charge in [0.25, 0.3) is 0 Å². The van der Waals surface area contributed by atoms with Gasteiger partial charge in [-0.1, -0.05) is 6.07 Å². The van der Waals surface area contributed by atoms with Gasteiger partial charge in [-0.2, -0.15) is 13.2 Å². The van der Waals surface area contributed by atoms with E-state index >= 15 is 0 Å². The van der Waals surface area contributed by atoms with Crippen LogP contribution in [-0.2, 0) is 10.9 Å². The van der Waals surface area contributed by atoms with Gasteiger partial charge >= 0.3 is 6.18 Å². The van der Waals surface area contributed by atoms with Crippen molar-refractivity contribution in [2.24, 2.45) is 5.92 Å². The highest BCUT2D eigenvalue weighted by atomic mass is 19.4. The lowest BCUT2D eigenvalue weighted by molar-refractivity contribution is -0.141. The zero-order valence-corrected chi connectivity index (χ0v) is 9.83. The van der Waals surface area contributed by atoms with Crippen molar-refractivity contribution in [3.05, 3.63) is 23.9 Å². The molecule has 1 aliphatic rings. The molecule has 0 radical (unpaired) electrons. The zero-order valence-electron chi connectivity index (χ0n) is 9.83. The second kappa shape index (κ2) is 5.56. The summed E-state index contributed by atoms with van der Waals surface area (Å²) in [7, 11) is 0. The van der Waals surface area contributed by atoms with Gasteiger partial charge in [-0.3, -0.25) is 0 Å². The summed E-state index contributed by atoms with van der Waals surface area (Å²) in [5.74, 6) is 0.770. The molecule has 1 atom stereocenters. The Labute approximate surface area is 103 Å². The Morgan fingerprint density at radius 2 is 2.22 bits per heavy atom. The third-order valence-corrected chi connectivity index (χ3v) is 2.92. The SMILES string of the molecule is FC(F)(F)c1cccc(NCCC2CCOC2)n1. The molecular formula is C12H15F3N2O. The number of aromatic nitrogens is 1. The molecule has 1 N–H and O–H groups in total. The van der Waals surface area contributed by atoms with Gasteiger partial charge < -0.3 is 10.1 Å². The number of halogens is 3. The summed E-state index contributed by atoms with van der Waals surface area (Å²) < 4.78 is 42.5. The van der Waals surface area contributed by atoms with E-state index in [1.165, 1.54) is 6.07 Å². The van der Waals surface area contributed by atoms with Gasteiger partial charge in [-0.05, 0) is 30.9 Å². The minimum Gasteiger partial charge on any atom is -0.381 e. The minimum absolute atomic E-state index is 0.267. The summed E-state index contributed by atoms with van der Waals surface area (Å²) in [6.45, 7) is 2.15. The van der Waals surface area contributed by atoms with Crippen molar-refractivity contribution in [3.8, 4) is 0 Å². The lowest BCUT2D eigenvalue weighted by Crippen LogP contribution is -2.12. The highest BCUT2D eigenvalue weighted by molar-refractivity contribution is 5.35. The average Bonchev–Trinajstić information content (AvgIpc) is 2.81. The van der Waals surface area contributed by atoms with Gasteiger partial charge in [0.1, 0.15) is 11.5 Å². The Balaban J connectivity index is 1.85. The first-order valence-electron chi connectivity index (χ1n) is 5.91. The van der Waals surface area contributed by atoms with Crippen LogP contribution in [-0.4, -0.2) is 24.7 Å².